The molecule has 0 aliphatic rings. The molecule has 1 aromatic carbocycles. The normalized spacial score (nSPS) is 12.7. The van der Waals surface area contributed by atoms with Crippen molar-refractivity contribution in [2.24, 2.45) is 0 Å². The average molecular weight is 296 g/mol. The van der Waals surface area contributed by atoms with Gasteiger partial charge in [-0.3, -0.25) is 0 Å². The van der Waals surface area contributed by atoms with Crippen molar-refractivity contribution in [3.8, 4) is 0 Å². The summed E-state index contributed by atoms with van der Waals surface area (Å²) in [6, 6.07) is 3.81. The minimum absolute atomic E-state index is 0.195. The van der Waals surface area contributed by atoms with Crippen LogP contribution < -0.4 is 5.32 Å². The fraction of sp³-hybridized carbons (Fsp3) is 0.400. The molecule has 0 bridgehead atoms. The molecule has 2 nitrogen and oxygen atoms in total. The summed E-state index contributed by atoms with van der Waals surface area (Å²) in [4.78, 5) is 5.79. The van der Waals surface area contributed by atoms with Crippen LogP contribution in [-0.2, 0) is 6.42 Å². The van der Waals surface area contributed by atoms with E-state index in [0.717, 1.165) is 29.7 Å². The quantitative estimate of drug-likeness (QED) is 0.902. The van der Waals surface area contributed by atoms with Crippen molar-refractivity contribution < 1.29 is 8.78 Å². The second-order valence-corrected chi connectivity index (χ2v) is 5.81. The van der Waals surface area contributed by atoms with Crippen molar-refractivity contribution in [1.29, 1.82) is 0 Å². The molecule has 5 heteroatoms. The molecule has 0 saturated carbocycles. The van der Waals surface area contributed by atoms with Gasteiger partial charge in [0.15, 0.2) is 11.6 Å². The lowest BCUT2D eigenvalue weighted by Crippen LogP contribution is -2.22. The smallest absolute Gasteiger partial charge is 0.159 e. The fourth-order valence-corrected chi connectivity index (χ4v) is 3.26. The molecule has 108 valence electrons. The van der Waals surface area contributed by atoms with E-state index in [1.165, 1.54) is 10.9 Å². The van der Waals surface area contributed by atoms with E-state index in [4.69, 9.17) is 0 Å². The molecule has 1 unspecified atom stereocenters. The third kappa shape index (κ3) is 3.04. The Bertz CT molecular complexity index is 596. The van der Waals surface area contributed by atoms with E-state index in [1.807, 2.05) is 13.8 Å². The summed E-state index contributed by atoms with van der Waals surface area (Å²) < 4.78 is 26.5. The van der Waals surface area contributed by atoms with Crippen LogP contribution in [0.25, 0.3) is 0 Å². The molecule has 20 heavy (non-hydrogen) atoms. The predicted molar refractivity (Wildman–Crippen MR) is 78.1 cm³/mol. The number of nitrogens with one attached hydrogen (secondary N) is 1. The van der Waals surface area contributed by atoms with Crippen LogP contribution in [0, 0.1) is 18.6 Å². The Morgan fingerprint density at radius 1 is 1.25 bits per heavy atom. The van der Waals surface area contributed by atoms with Gasteiger partial charge < -0.3 is 5.32 Å². The van der Waals surface area contributed by atoms with Gasteiger partial charge in [-0.15, -0.1) is 11.3 Å². The van der Waals surface area contributed by atoms with E-state index in [9.17, 15) is 8.78 Å². The summed E-state index contributed by atoms with van der Waals surface area (Å²) in [6.07, 6.45) is 0.874. The Morgan fingerprint density at radius 2 is 2.00 bits per heavy atom. The van der Waals surface area contributed by atoms with Crippen LogP contribution in [-0.4, -0.2) is 11.5 Å². The largest absolute Gasteiger partial charge is 0.305 e. The third-order valence-corrected chi connectivity index (χ3v) is 4.25. The highest BCUT2D eigenvalue weighted by Crippen LogP contribution is 2.29. The molecule has 0 amide bonds. The van der Waals surface area contributed by atoms with Gasteiger partial charge in [0.25, 0.3) is 0 Å². The minimum atomic E-state index is -0.825. The van der Waals surface area contributed by atoms with Gasteiger partial charge in [0.1, 0.15) is 5.01 Å². The van der Waals surface area contributed by atoms with Crippen molar-refractivity contribution in [2.45, 2.75) is 33.2 Å². The molecule has 0 radical (unpaired) electrons. The van der Waals surface area contributed by atoms with Crippen LogP contribution >= 0.6 is 11.3 Å². The van der Waals surface area contributed by atoms with Gasteiger partial charge in [0.05, 0.1) is 11.7 Å². The maximum absolute atomic E-state index is 13.4. The summed E-state index contributed by atoms with van der Waals surface area (Å²) in [5.41, 5.74) is 1.76. The lowest BCUT2D eigenvalue weighted by molar-refractivity contribution is 0.503. The van der Waals surface area contributed by atoms with Crippen LogP contribution in [0.5, 0.6) is 0 Å². The maximum Gasteiger partial charge on any atom is 0.159 e. The summed E-state index contributed by atoms with van der Waals surface area (Å²) in [7, 11) is 0. The molecule has 1 N–H and O–H groups in total. The summed E-state index contributed by atoms with van der Waals surface area (Å²) in [5, 5.41) is 4.18. The van der Waals surface area contributed by atoms with E-state index in [2.05, 4.69) is 17.2 Å². The first-order valence-electron chi connectivity index (χ1n) is 6.71. The average Bonchev–Trinajstić information content (AvgIpc) is 2.80. The number of rotatable bonds is 5. The first kappa shape index (κ1) is 15.1. The standard InChI is InChI=1S/C15H18F2N2S/c1-4-13-9(3)20-15(19-13)14(18-5-2)10-6-7-11(16)12(17)8-10/h6-8,14,18H,4-5H2,1-3H3. The van der Waals surface area contributed by atoms with Crippen LogP contribution in [0.3, 0.4) is 0 Å². The Hall–Kier alpha value is -1.33. The van der Waals surface area contributed by atoms with Crippen LogP contribution in [0.15, 0.2) is 18.2 Å². The number of hydrogen-bond acceptors (Lipinski definition) is 3. The zero-order valence-electron chi connectivity index (χ0n) is 11.8. The molecule has 0 fully saturated rings. The molecular formula is C15H18F2N2S. The van der Waals surface area contributed by atoms with Gasteiger partial charge in [-0.05, 0) is 37.6 Å². The van der Waals surface area contributed by atoms with Gasteiger partial charge in [0.2, 0.25) is 0 Å². The topological polar surface area (TPSA) is 24.9 Å². The monoisotopic (exact) mass is 296 g/mol. The number of hydrogen-bond donors (Lipinski definition) is 1. The van der Waals surface area contributed by atoms with Gasteiger partial charge in [-0.1, -0.05) is 19.9 Å². The third-order valence-electron chi connectivity index (χ3n) is 3.18. The van der Waals surface area contributed by atoms with Crippen molar-refractivity contribution in [3.63, 3.8) is 0 Å². The molecule has 0 aliphatic heterocycles. The van der Waals surface area contributed by atoms with E-state index in [-0.39, 0.29) is 6.04 Å². The summed E-state index contributed by atoms with van der Waals surface area (Å²) in [5.74, 6) is -1.65. The number of aryl methyl sites for hydroxylation is 2. The van der Waals surface area contributed by atoms with E-state index in [1.54, 1.807) is 17.4 Å². The molecule has 1 heterocycles. The van der Waals surface area contributed by atoms with Gasteiger partial charge >= 0.3 is 0 Å². The fourth-order valence-electron chi connectivity index (χ4n) is 2.15. The molecule has 0 spiro atoms. The van der Waals surface area contributed by atoms with Crippen LogP contribution in [0.1, 0.15) is 41.0 Å². The molecule has 2 rings (SSSR count). The molecule has 2 aromatic rings. The Labute approximate surface area is 121 Å². The van der Waals surface area contributed by atoms with E-state index >= 15 is 0 Å². The number of halogens is 2. The van der Waals surface area contributed by atoms with Gasteiger partial charge in [-0.2, -0.15) is 0 Å². The number of thiazole rings is 1. The number of nitrogens with zero attached hydrogens (tertiary/aromatic N) is 1. The van der Waals surface area contributed by atoms with Crippen molar-refractivity contribution in [1.82, 2.24) is 10.3 Å². The number of benzene rings is 1. The minimum Gasteiger partial charge on any atom is -0.305 e. The van der Waals surface area contributed by atoms with Crippen molar-refractivity contribution in [3.05, 3.63) is 51.0 Å². The molecule has 1 atom stereocenters. The van der Waals surface area contributed by atoms with Crippen molar-refractivity contribution in [2.75, 3.05) is 6.54 Å². The second kappa shape index (κ2) is 6.41. The predicted octanol–water partition coefficient (Wildman–Crippen LogP) is 3.99. The maximum atomic E-state index is 13.4. The highest BCUT2D eigenvalue weighted by Gasteiger charge is 2.19. The van der Waals surface area contributed by atoms with E-state index in [0.29, 0.717) is 5.56 Å². The molecular weight excluding hydrogens is 278 g/mol. The van der Waals surface area contributed by atoms with Gasteiger partial charge in [-0.25, -0.2) is 13.8 Å². The Balaban J connectivity index is 2.41. The first-order valence-corrected chi connectivity index (χ1v) is 7.53. The summed E-state index contributed by atoms with van der Waals surface area (Å²) in [6.45, 7) is 6.80. The lowest BCUT2D eigenvalue weighted by atomic mass is 10.1. The molecule has 0 aliphatic carbocycles. The first-order chi connectivity index (χ1) is 9.56. The zero-order chi connectivity index (χ0) is 14.7. The van der Waals surface area contributed by atoms with E-state index < -0.39 is 11.6 Å². The number of aromatic nitrogens is 1. The van der Waals surface area contributed by atoms with Crippen molar-refractivity contribution >= 4 is 11.3 Å². The highest BCUT2D eigenvalue weighted by molar-refractivity contribution is 7.11. The second-order valence-electron chi connectivity index (χ2n) is 4.57. The SMILES string of the molecule is CCNC(c1ccc(F)c(F)c1)c1nc(CC)c(C)s1. The Morgan fingerprint density at radius 3 is 2.55 bits per heavy atom. The molecule has 0 saturated heterocycles. The van der Waals surface area contributed by atoms with Crippen LogP contribution in [0.2, 0.25) is 0 Å². The Kier molecular flexibility index (Phi) is 4.83. The van der Waals surface area contributed by atoms with Gasteiger partial charge in [0, 0.05) is 4.88 Å². The zero-order valence-corrected chi connectivity index (χ0v) is 12.7. The molecule has 1 aromatic heterocycles. The highest BCUT2D eigenvalue weighted by atomic mass is 32.1. The lowest BCUT2D eigenvalue weighted by Gasteiger charge is -2.16. The van der Waals surface area contributed by atoms with Crippen LogP contribution in [0.4, 0.5) is 8.78 Å². The summed E-state index contributed by atoms with van der Waals surface area (Å²) >= 11 is 1.60.